The summed E-state index contributed by atoms with van der Waals surface area (Å²) in [5.41, 5.74) is 3.89. The predicted octanol–water partition coefficient (Wildman–Crippen LogP) is 6.74. The molecule has 0 aromatic heterocycles. The van der Waals surface area contributed by atoms with Gasteiger partial charge in [0.1, 0.15) is 18.2 Å². The Balaban J connectivity index is 1.84. The molecule has 7 heteroatoms. The van der Waals surface area contributed by atoms with Crippen LogP contribution in [-0.2, 0) is 11.4 Å². The van der Waals surface area contributed by atoms with Crippen molar-refractivity contribution in [3.8, 4) is 17.6 Å². The van der Waals surface area contributed by atoms with Crippen molar-refractivity contribution >= 4 is 40.9 Å². The summed E-state index contributed by atoms with van der Waals surface area (Å²) in [7, 11) is 1.49. The number of carbonyl (C=O) groups is 1. The zero-order valence-electron chi connectivity index (χ0n) is 18.4. The Bertz CT molecular complexity index is 1260. The highest BCUT2D eigenvalue weighted by atomic mass is 35.5. The van der Waals surface area contributed by atoms with Gasteiger partial charge in [0.25, 0.3) is 5.91 Å². The average molecular weight is 481 g/mol. The minimum atomic E-state index is -0.515. The average Bonchev–Trinajstić information content (AvgIpc) is 2.79. The van der Waals surface area contributed by atoms with E-state index in [4.69, 9.17) is 32.7 Å². The Kier molecular flexibility index (Phi) is 8.00. The molecule has 0 aliphatic carbocycles. The second-order valence-electron chi connectivity index (χ2n) is 7.36. The molecule has 1 amide bonds. The number of aryl methyl sites for hydroxylation is 2. The van der Waals surface area contributed by atoms with E-state index in [1.807, 2.05) is 56.3 Å². The maximum Gasteiger partial charge on any atom is 0.266 e. The Morgan fingerprint density at radius 3 is 2.52 bits per heavy atom. The maximum atomic E-state index is 12.7. The third-order valence-electron chi connectivity index (χ3n) is 4.89. The van der Waals surface area contributed by atoms with E-state index in [1.165, 1.54) is 13.2 Å². The van der Waals surface area contributed by atoms with Gasteiger partial charge in [-0.3, -0.25) is 4.79 Å². The normalized spacial score (nSPS) is 11.0. The SMILES string of the molecule is COc1cc(/C=C(\C#N)C(=O)Nc2ccc(C)cc2C)cc(Cl)c1OCc1ccccc1Cl. The summed E-state index contributed by atoms with van der Waals surface area (Å²) in [5, 5.41) is 13.2. The molecule has 3 aromatic carbocycles. The fraction of sp³-hybridized carbons (Fsp3) is 0.154. The number of halogens is 2. The Morgan fingerprint density at radius 1 is 1.09 bits per heavy atom. The number of ether oxygens (including phenoxy) is 2. The molecule has 0 aliphatic rings. The predicted molar refractivity (Wildman–Crippen MR) is 132 cm³/mol. The lowest BCUT2D eigenvalue weighted by atomic mass is 10.1. The van der Waals surface area contributed by atoms with E-state index in [0.29, 0.717) is 27.8 Å². The van der Waals surface area contributed by atoms with Crippen LogP contribution in [0.15, 0.2) is 60.2 Å². The molecular formula is C26H22Cl2N2O3. The van der Waals surface area contributed by atoms with Gasteiger partial charge in [0.05, 0.1) is 12.1 Å². The van der Waals surface area contributed by atoms with Crippen LogP contribution in [0.1, 0.15) is 22.3 Å². The quantitative estimate of drug-likeness (QED) is 0.300. The van der Waals surface area contributed by atoms with Crippen LogP contribution in [0, 0.1) is 25.2 Å². The van der Waals surface area contributed by atoms with Crippen LogP contribution in [0.2, 0.25) is 10.0 Å². The molecule has 33 heavy (non-hydrogen) atoms. The standard InChI is InChI=1S/C26H22Cl2N2O3/c1-16-8-9-23(17(2)10-16)30-26(31)20(14-29)11-18-12-22(28)25(24(13-18)32-3)33-15-19-6-4-5-7-21(19)27/h4-13H,15H2,1-3H3,(H,30,31)/b20-11+. The third-order valence-corrected chi connectivity index (χ3v) is 5.54. The lowest BCUT2D eigenvalue weighted by molar-refractivity contribution is -0.112. The number of anilines is 1. The highest BCUT2D eigenvalue weighted by molar-refractivity contribution is 6.32. The van der Waals surface area contributed by atoms with Gasteiger partial charge in [-0.15, -0.1) is 0 Å². The van der Waals surface area contributed by atoms with Crippen molar-refractivity contribution in [1.82, 2.24) is 0 Å². The summed E-state index contributed by atoms with van der Waals surface area (Å²) in [5.74, 6) is 0.195. The molecule has 0 heterocycles. The molecule has 3 aromatic rings. The van der Waals surface area contributed by atoms with Crippen molar-refractivity contribution in [3.05, 3.63) is 92.5 Å². The molecule has 0 saturated carbocycles. The first-order valence-electron chi connectivity index (χ1n) is 10.1. The van der Waals surface area contributed by atoms with Gasteiger partial charge in [0.2, 0.25) is 0 Å². The van der Waals surface area contributed by atoms with Gasteiger partial charge in [0.15, 0.2) is 11.5 Å². The third kappa shape index (κ3) is 6.07. The molecule has 1 N–H and O–H groups in total. The number of hydrogen-bond acceptors (Lipinski definition) is 4. The van der Waals surface area contributed by atoms with Gasteiger partial charge in [-0.25, -0.2) is 0 Å². The summed E-state index contributed by atoms with van der Waals surface area (Å²) in [6, 6.07) is 18.2. The van der Waals surface area contributed by atoms with Gasteiger partial charge < -0.3 is 14.8 Å². The van der Waals surface area contributed by atoms with Crippen LogP contribution in [0.4, 0.5) is 5.69 Å². The Morgan fingerprint density at radius 2 is 1.85 bits per heavy atom. The molecular weight excluding hydrogens is 459 g/mol. The van der Waals surface area contributed by atoms with Crippen LogP contribution in [0.25, 0.3) is 6.08 Å². The van der Waals surface area contributed by atoms with Gasteiger partial charge in [-0.1, -0.05) is 59.1 Å². The molecule has 0 fully saturated rings. The fourth-order valence-electron chi connectivity index (χ4n) is 3.19. The molecule has 0 saturated heterocycles. The van der Waals surface area contributed by atoms with Crippen molar-refractivity contribution in [1.29, 1.82) is 5.26 Å². The van der Waals surface area contributed by atoms with E-state index in [2.05, 4.69) is 5.32 Å². The second-order valence-corrected chi connectivity index (χ2v) is 8.17. The first-order valence-corrected chi connectivity index (χ1v) is 10.8. The molecule has 0 aliphatic heterocycles. The molecule has 3 rings (SSSR count). The van der Waals surface area contributed by atoms with Gasteiger partial charge in [-0.2, -0.15) is 5.26 Å². The second kappa shape index (κ2) is 10.9. The number of nitrogens with zero attached hydrogens (tertiary/aromatic N) is 1. The van der Waals surface area contributed by atoms with Crippen LogP contribution in [0.5, 0.6) is 11.5 Å². The monoisotopic (exact) mass is 480 g/mol. The minimum Gasteiger partial charge on any atom is -0.493 e. The molecule has 0 bridgehead atoms. The fourth-order valence-corrected chi connectivity index (χ4v) is 3.65. The van der Waals surface area contributed by atoms with Gasteiger partial charge in [0, 0.05) is 16.3 Å². The topological polar surface area (TPSA) is 71.3 Å². The van der Waals surface area contributed by atoms with E-state index in [9.17, 15) is 10.1 Å². The van der Waals surface area contributed by atoms with E-state index in [-0.39, 0.29) is 17.2 Å². The largest absolute Gasteiger partial charge is 0.493 e. The number of nitriles is 1. The highest BCUT2D eigenvalue weighted by Gasteiger charge is 2.15. The molecule has 0 radical (unpaired) electrons. The minimum absolute atomic E-state index is 0.0715. The van der Waals surface area contributed by atoms with Crippen molar-refractivity contribution in [2.24, 2.45) is 0 Å². The summed E-state index contributed by atoms with van der Waals surface area (Å²) in [4.78, 5) is 12.7. The lowest BCUT2D eigenvalue weighted by Crippen LogP contribution is -2.14. The summed E-state index contributed by atoms with van der Waals surface area (Å²) < 4.78 is 11.3. The number of hydrogen-bond donors (Lipinski definition) is 1. The maximum absolute atomic E-state index is 12.7. The lowest BCUT2D eigenvalue weighted by Gasteiger charge is -2.14. The Labute approximate surface area is 203 Å². The smallest absolute Gasteiger partial charge is 0.266 e. The van der Waals surface area contributed by atoms with Crippen molar-refractivity contribution in [2.45, 2.75) is 20.5 Å². The summed E-state index contributed by atoms with van der Waals surface area (Å²) in [6.07, 6.45) is 1.45. The molecule has 0 spiro atoms. The van der Waals surface area contributed by atoms with Crippen molar-refractivity contribution in [3.63, 3.8) is 0 Å². The summed E-state index contributed by atoms with van der Waals surface area (Å²) in [6.45, 7) is 4.06. The van der Waals surface area contributed by atoms with E-state index in [1.54, 1.807) is 18.2 Å². The highest BCUT2D eigenvalue weighted by Crippen LogP contribution is 2.38. The first kappa shape index (κ1) is 24.2. The molecule has 0 atom stereocenters. The van der Waals surface area contributed by atoms with E-state index in [0.717, 1.165) is 16.7 Å². The van der Waals surface area contributed by atoms with Crippen molar-refractivity contribution < 1.29 is 14.3 Å². The summed E-state index contributed by atoms with van der Waals surface area (Å²) >= 11 is 12.6. The van der Waals surface area contributed by atoms with Crippen LogP contribution in [0.3, 0.4) is 0 Å². The number of methoxy groups -OCH3 is 1. The first-order chi connectivity index (χ1) is 15.8. The Hall–Kier alpha value is -3.46. The molecule has 168 valence electrons. The zero-order valence-corrected chi connectivity index (χ0v) is 19.9. The van der Waals surface area contributed by atoms with Crippen molar-refractivity contribution in [2.75, 3.05) is 12.4 Å². The number of benzene rings is 3. The van der Waals surface area contributed by atoms with Crippen LogP contribution in [-0.4, -0.2) is 13.0 Å². The number of nitrogens with one attached hydrogen (secondary N) is 1. The van der Waals surface area contributed by atoms with Crippen LogP contribution >= 0.6 is 23.2 Å². The molecule has 0 unspecified atom stereocenters. The number of amides is 1. The van der Waals surface area contributed by atoms with Crippen LogP contribution < -0.4 is 14.8 Å². The van der Waals surface area contributed by atoms with Gasteiger partial charge in [-0.05, 0) is 55.3 Å². The number of carbonyl (C=O) groups excluding carboxylic acids is 1. The zero-order chi connectivity index (χ0) is 24.0. The van der Waals surface area contributed by atoms with E-state index >= 15 is 0 Å². The number of rotatable bonds is 7. The molecule has 5 nitrogen and oxygen atoms in total. The van der Waals surface area contributed by atoms with E-state index < -0.39 is 5.91 Å². The van der Waals surface area contributed by atoms with Gasteiger partial charge >= 0.3 is 0 Å².